The van der Waals surface area contributed by atoms with Crippen LogP contribution >= 0.6 is 11.6 Å². The van der Waals surface area contributed by atoms with E-state index in [2.05, 4.69) is 15.8 Å². The second-order valence-corrected chi connectivity index (χ2v) is 8.82. The molecule has 0 aliphatic carbocycles. The van der Waals surface area contributed by atoms with Gasteiger partial charge in [-0.1, -0.05) is 61.0 Å². The van der Waals surface area contributed by atoms with Crippen LogP contribution in [0.25, 0.3) is 10.8 Å². The smallest absolute Gasteiger partial charge is 0.345 e. The number of nitrogens with zero attached hydrogens (tertiary/aromatic N) is 1. The van der Waals surface area contributed by atoms with Crippen LogP contribution in [0.4, 0.5) is 0 Å². The van der Waals surface area contributed by atoms with Gasteiger partial charge in [0.05, 0.1) is 30.0 Å². The Morgan fingerprint density at radius 2 is 1.67 bits per heavy atom. The summed E-state index contributed by atoms with van der Waals surface area (Å²) < 4.78 is 11.2. The first-order valence-corrected chi connectivity index (χ1v) is 12.7. The van der Waals surface area contributed by atoms with Crippen molar-refractivity contribution in [3.63, 3.8) is 0 Å². The predicted molar refractivity (Wildman–Crippen MR) is 151 cm³/mol. The molecule has 0 unspecified atom stereocenters. The molecule has 0 radical (unpaired) electrons. The first-order valence-electron chi connectivity index (χ1n) is 12.3. The normalized spacial score (nSPS) is 10.8. The van der Waals surface area contributed by atoms with E-state index in [1.165, 1.54) is 6.21 Å². The molecule has 9 heteroatoms. The number of esters is 1. The molecule has 4 rings (SSSR count). The average Bonchev–Trinajstić information content (AvgIpc) is 2.96. The van der Waals surface area contributed by atoms with Crippen molar-refractivity contribution in [1.82, 2.24) is 10.7 Å². The highest BCUT2D eigenvalue weighted by Gasteiger charge is 2.16. The number of hydrogen-bond acceptors (Lipinski definition) is 6. The summed E-state index contributed by atoms with van der Waals surface area (Å²) >= 11 is 6.14. The van der Waals surface area contributed by atoms with Gasteiger partial charge >= 0.3 is 5.97 Å². The summed E-state index contributed by atoms with van der Waals surface area (Å²) in [5.41, 5.74) is 3.50. The number of rotatable bonds is 10. The van der Waals surface area contributed by atoms with Crippen molar-refractivity contribution in [3.05, 3.63) is 107 Å². The van der Waals surface area contributed by atoms with Crippen LogP contribution in [-0.2, 0) is 4.79 Å². The van der Waals surface area contributed by atoms with Crippen LogP contribution in [0.15, 0.2) is 90.0 Å². The molecule has 0 bridgehead atoms. The Labute approximate surface area is 230 Å². The Morgan fingerprint density at radius 3 is 2.44 bits per heavy atom. The molecule has 0 saturated carbocycles. The molecule has 4 aromatic carbocycles. The maximum Gasteiger partial charge on any atom is 0.345 e. The highest BCUT2D eigenvalue weighted by Crippen LogP contribution is 2.28. The number of hydrogen-bond donors (Lipinski definition) is 2. The molecular formula is C30H26ClN3O5. The number of carbonyl (C=O) groups excluding carboxylic acids is 3. The molecule has 39 heavy (non-hydrogen) atoms. The molecule has 2 amide bonds. The van der Waals surface area contributed by atoms with Gasteiger partial charge in [0.25, 0.3) is 11.8 Å². The zero-order valence-corrected chi connectivity index (χ0v) is 21.9. The zero-order valence-electron chi connectivity index (χ0n) is 21.1. The number of hydrazone groups is 1. The van der Waals surface area contributed by atoms with Crippen LogP contribution in [0.1, 0.15) is 39.6 Å². The van der Waals surface area contributed by atoms with Crippen molar-refractivity contribution in [2.45, 2.75) is 13.3 Å². The summed E-state index contributed by atoms with van der Waals surface area (Å²) in [4.78, 5) is 37.5. The third kappa shape index (κ3) is 7.21. The molecule has 4 aromatic rings. The number of halogens is 1. The molecule has 0 fully saturated rings. The van der Waals surface area contributed by atoms with Crippen LogP contribution in [0.3, 0.4) is 0 Å². The Kier molecular flexibility index (Phi) is 9.26. The zero-order chi connectivity index (χ0) is 27.6. The van der Waals surface area contributed by atoms with Crippen molar-refractivity contribution in [2.24, 2.45) is 5.10 Å². The SMILES string of the molecule is CCCOc1ccc(C(=O)NCC(=O)NN=Cc2c(OC(=O)c3ccccc3Cl)ccc3ccccc23)cc1. The Morgan fingerprint density at radius 1 is 0.923 bits per heavy atom. The maximum atomic E-state index is 12.8. The molecule has 198 valence electrons. The van der Waals surface area contributed by atoms with E-state index in [1.807, 2.05) is 37.3 Å². The van der Waals surface area contributed by atoms with Gasteiger partial charge in [-0.2, -0.15) is 5.10 Å². The number of carbonyl (C=O) groups is 3. The standard InChI is InChI=1S/C30H26ClN3O5/c1-2-17-38-22-14-11-21(12-15-22)29(36)32-19-28(35)34-33-18-25-23-8-4-3-7-20(23)13-16-27(25)39-30(37)24-9-5-6-10-26(24)31/h3-16,18H,2,17,19H2,1H3,(H,32,36)(H,34,35). The van der Waals surface area contributed by atoms with E-state index in [0.29, 0.717) is 23.5 Å². The van der Waals surface area contributed by atoms with Crippen molar-refractivity contribution >= 4 is 46.4 Å². The maximum absolute atomic E-state index is 12.8. The lowest BCUT2D eigenvalue weighted by molar-refractivity contribution is -0.120. The lowest BCUT2D eigenvalue weighted by Gasteiger charge is -2.11. The monoisotopic (exact) mass is 543 g/mol. The van der Waals surface area contributed by atoms with Crippen LogP contribution in [0.5, 0.6) is 11.5 Å². The third-order valence-corrected chi connectivity index (χ3v) is 5.94. The van der Waals surface area contributed by atoms with Gasteiger partial charge in [0, 0.05) is 11.1 Å². The Bertz CT molecular complexity index is 1520. The van der Waals surface area contributed by atoms with Gasteiger partial charge in [0.2, 0.25) is 0 Å². The van der Waals surface area contributed by atoms with Gasteiger partial charge in [-0.05, 0) is 59.7 Å². The third-order valence-electron chi connectivity index (χ3n) is 5.61. The second kappa shape index (κ2) is 13.2. The highest BCUT2D eigenvalue weighted by molar-refractivity contribution is 6.33. The van der Waals surface area contributed by atoms with Crippen LogP contribution < -0.4 is 20.2 Å². The summed E-state index contributed by atoms with van der Waals surface area (Å²) in [6, 6.07) is 24.2. The molecule has 0 atom stereocenters. The van der Waals surface area contributed by atoms with Gasteiger partial charge in [0.1, 0.15) is 11.5 Å². The van der Waals surface area contributed by atoms with E-state index in [0.717, 1.165) is 17.2 Å². The fraction of sp³-hybridized carbons (Fsp3) is 0.133. The summed E-state index contributed by atoms with van der Waals surface area (Å²) in [5, 5.41) is 8.51. The van der Waals surface area contributed by atoms with Gasteiger partial charge in [-0.25, -0.2) is 10.2 Å². The molecule has 0 aliphatic rings. The Hall–Kier alpha value is -4.69. The minimum absolute atomic E-state index is 0.224. The van der Waals surface area contributed by atoms with Crippen LogP contribution in [0, 0.1) is 0 Å². The lowest BCUT2D eigenvalue weighted by atomic mass is 10.0. The van der Waals surface area contributed by atoms with E-state index in [9.17, 15) is 14.4 Å². The Balaban J connectivity index is 1.41. The number of nitrogens with one attached hydrogen (secondary N) is 2. The molecule has 0 spiro atoms. The van der Waals surface area contributed by atoms with Crippen LogP contribution in [0.2, 0.25) is 5.02 Å². The van der Waals surface area contributed by atoms with Gasteiger partial charge in [0.15, 0.2) is 0 Å². The quantitative estimate of drug-likeness (QED) is 0.121. The second-order valence-electron chi connectivity index (χ2n) is 8.42. The molecule has 0 saturated heterocycles. The van der Waals surface area contributed by atoms with Crippen molar-refractivity contribution < 1.29 is 23.9 Å². The van der Waals surface area contributed by atoms with Crippen molar-refractivity contribution in [1.29, 1.82) is 0 Å². The summed E-state index contributed by atoms with van der Waals surface area (Å²) in [6.07, 6.45) is 2.28. The van der Waals surface area contributed by atoms with Crippen molar-refractivity contribution in [2.75, 3.05) is 13.2 Å². The largest absolute Gasteiger partial charge is 0.494 e. The number of amides is 2. The summed E-state index contributed by atoms with van der Waals surface area (Å²) in [7, 11) is 0. The minimum atomic E-state index is -0.623. The molecule has 2 N–H and O–H groups in total. The molecule has 0 aliphatic heterocycles. The first-order chi connectivity index (χ1) is 19.0. The number of ether oxygens (including phenoxy) is 2. The lowest BCUT2D eigenvalue weighted by Crippen LogP contribution is -2.34. The van der Waals surface area contributed by atoms with E-state index >= 15 is 0 Å². The van der Waals surface area contributed by atoms with Gasteiger partial charge in [-0.15, -0.1) is 0 Å². The topological polar surface area (TPSA) is 106 Å². The average molecular weight is 544 g/mol. The molecule has 0 aromatic heterocycles. The minimum Gasteiger partial charge on any atom is -0.494 e. The predicted octanol–water partition coefficient (Wildman–Crippen LogP) is 5.38. The summed E-state index contributed by atoms with van der Waals surface area (Å²) in [5.74, 6) is -0.638. The molecule has 0 heterocycles. The molecular weight excluding hydrogens is 518 g/mol. The number of fused-ring (bicyclic) bond motifs is 1. The van der Waals surface area contributed by atoms with Crippen LogP contribution in [-0.4, -0.2) is 37.1 Å². The fourth-order valence-electron chi connectivity index (χ4n) is 3.67. The summed E-state index contributed by atoms with van der Waals surface area (Å²) in [6.45, 7) is 2.32. The van der Waals surface area contributed by atoms with E-state index in [-0.39, 0.29) is 22.9 Å². The van der Waals surface area contributed by atoms with Crippen molar-refractivity contribution in [3.8, 4) is 11.5 Å². The van der Waals surface area contributed by atoms with Gasteiger partial charge in [-0.3, -0.25) is 9.59 Å². The van der Waals surface area contributed by atoms with E-state index in [4.69, 9.17) is 21.1 Å². The highest BCUT2D eigenvalue weighted by atomic mass is 35.5. The van der Waals surface area contributed by atoms with Gasteiger partial charge < -0.3 is 14.8 Å². The number of benzene rings is 4. The fourth-order valence-corrected chi connectivity index (χ4v) is 3.89. The van der Waals surface area contributed by atoms with E-state index in [1.54, 1.807) is 54.6 Å². The molecule has 8 nitrogen and oxygen atoms in total. The first kappa shape index (κ1) is 27.3. The van der Waals surface area contributed by atoms with E-state index < -0.39 is 17.8 Å².